The van der Waals surface area contributed by atoms with Crippen molar-refractivity contribution in [2.24, 2.45) is 5.92 Å². The number of nitrogens with one attached hydrogen (secondary N) is 1. The first-order chi connectivity index (χ1) is 12.7. The number of likely N-dealkylation sites (tertiary alicyclic amines) is 1. The van der Waals surface area contributed by atoms with Crippen LogP contribution in [-0.2, 0) is 16.0 Å². The Morgan fingerprint density at radius 1 is 1.19 bits per heavy atom. The quantitative estimate of drug-likeness (QED) is 0.852. The lowest BCUT2D eigenvalue weighted by molar-refractivity contribution is -0.139. The predicted octanol–water partition coefficient (Wildman–Crippen LogP) is 2.87. The van der Waals surface area contributed by atoms with E-state index in [0.29, 0.717) is 13.0 Å². The molecule has 26 heavy (non-hydrogen) atoms. The van der Waals surface area contributed by atoms with Gasteiger partial charge in [-0.1, -0.05) is 30.3 Å². The number of thiazole rings is 1. The number of amides is 2. The number of aromatic nitrogens is 1. The average molecular weight is 369 g/mol. The lowest BCUT2D eigenvalue weighted by atomic mass is 10.2. The van der Waals surface area contributed by atoms with Crippen molar-refractivity contribution in [1.82, 2.24) is 15.2 Å². The van der Waals surface area contributed by atoms with Gasteiger partial charge < -0.3 is 10.2 Å². The molecule has 1 saturated carbocycles. The van der Waals surface area contributed by atoms with E-state index in [2.05, 4.69) is 22.4 Å². The maximum absolute atomic E-state index is 12.5. The highest BCUT2D eigenvalue weighted by atomic mass is 32.1. The summed E-state index contributed by atoms with van der Waals surface area (Å²) in [6, 6.07) is 9.83. The predicted molar refractivity (Wildman–Crippen MR) is 102 cm³/mol. The number of benzene rings is 1. The van der Waals surface area contributed by atoms with E-state index in [1.54, 1.807) is 16.2 Å². The minimum Gasteiger partial charge on any atom is -0.354 e. The van der Waals surface area contributed by atoms with E-state index in [9.17, 15) is 9.59 Å². The molecule has 6 heteroatoms. The van der Waals surface area contributed by atoms with E-state index in [0.717, 1.165) is 48.5 Å². The van der Waals surface area contributed by atoms with Gasteiger partial charge in [-0.3, -0.25) is 9.59 Å². The monoisotopic (exact) mass is 369 g/mol. The first-order valence-electron chi connectivity index (χ1n) is 9.30. The Morgan fingerprint density at radius 3 is 2.77 bits per heavy atom. The van der Waals surface area contributed by atoms with Crippen LogP contribution >= 0.6 is 11.3 Å². The SMILES string of the molecule is O=C(NCCc1csc(-c2ccccc2)n1)C1CCCN1C(=O)C1CC1. The smallest absolute Gasteiger partial charge is 0.242 e. The van der Waals surface area contributed by atoms with Gasteiger partial charge >= 0.3 is 0 Å². The molecular weight excluding hydrogens is 346 g/mol. The van der Waals surface area contributed by atoms with Gasteiger partial charge in [-0.2, -0.15) is 0 Å². The molecule has 2 heterocycles. The summed E-state index contributed by atoms with van der Waals surface area (Å²) < 4.78 is 0. The van der Waals surface area contributed by atoms with Crippen molar-refractivity contribution in [3.8, 4) is 10.6 Å². The topological polar surface area (TPSA) is 62.3 Å². The van der Waals surface area contributed by atoms with Crippen molar-refractivity contribution >= 4 is 23.2 Å². The maximum Gasteiger partial charge on any atom is 0.242 e. The van der Waals surface area contributed by atoms with Gasteiger partial charge in [0.1, 0.15) is 11.0 Å². The molecule has 1 unspecified atom stereocenters. The van der Waals surface area contributed by atoms with Gasteiger partial charge in [0.15, 0.2) is 0 Å². The minimum absolute atomic E-state index is 0.0185. The average Bonchev–Trinajstić information content (AvgIpc) is 3.21. The fourth-order valence-corrected chi connectivity index (χ4v) is 4.29. The number of carbonyl (C=O) groups is 2. The normalized spacial score (nSPS) is 19.5. The van der Waals surface area contributed by atoms with E-state index in [-0.39, 0.29) is 23.8 Å². The summed E-state index contributed by atoms with van der Waals surface area (Å²) in [5.74, 6) is 0.333. The van der Waals surface area contributed by atoms with Crippen LogP contribution in [0.4, 0.5) is 0 Å². The Morgan fingerprint density at radius 2 is 2.00 bits per heavy atom. The van der Waals surface area contributed by atoms with Crippen LogP contribution in [0.3, 0.4) is 0 Å². The molecule has 1 aromatic carbocycles. The number of rotatable bonds is 6. The molecule has 1 aromatic heterocycles. The van der Waals surface area contributed by atoms with Crippen molar-refractivity contribution in [1.29, 1.82) is 0 Å². The van der Waals surface area contributed by atoms with Gasteiger partial charge in [0.25, 0.3) is 0 Å². The first kappa shape index (κ1) is 17.2. The molecule has 2 aromatic rings. The van der Waals surface area contributed by atoms with Crippen LogP contribution in [0.5, 0.6) is 0 Å². The van der Waals surface area contributed by atoms with Crippen molar-refractivity contribution in [2.45, 2.75) is 38.1 Å². The molecular formula is C20H23N3O2S. The Balaban J connectivity index is 1.28. The highest BCUT2D eigenvalue weighted by molar-refractivity contribution is 7.13. The molecule has 1 aliphatic carbocycles. The van der Waals surface area contributed by atoms with E-state index >= 15 is 0 Å². The van der Waals surface area contributed by atoms with Crippen LogP contribution in [0.25, 0.3) is 10.6 Å². The second kappa shape index (κ2) is 7.58. The number of carbonyl (C=O) groups excluding carboxylic acids is 2. The molecule has 0 radical (unpaired) electrons. The van der Waals surface area contributed by atoms with Crippen molar-refractivity contribution in [3.63, 3.8) is 0 Å². The van der Waals surface area contributed by atoms with Crippen LogP contribution in [0.1, 0.15) is 31.4 Å². The van der Waals surface area contributed by atoms with Crippen LogP contribution in [0, 0.1) is 5.92 Å². The van der Waals surface area contributed by atoms with Gasteiger partial charge in [-0.25, -0.2) is 4.98 Å². The summed E-state index contributed by atoms with van der Waals surface area (Å²) in [6.45, 7) is 1.28. The summed E-state index contributed by atoms with van der Waals surface area (Å²) in [5, 5.41) is 6.05. The first-order valence-corrected chi connectivity index (χ1v) is 10.2. The summed E-state index contributed by atoms with van der Waals surface area (Å²) >= 11 is 1.62. The summed E-state index contributed by atoms with van der Waals surface area (Å²) in [4.78, 5) is 31.2. The van der Waals surface area contributed by atoms with Crippen molar-refractivity contribution in [2.75, 3.05) is 13.1 Å². The molecule has 4 rings (SSSR count). The molecule has 1 saturated heterocycles. The standard InChI is InChI=1S/C20H23N3O2S/c24-18(17-7-4-12-23(17)20(25)15-8-9-15)21-11-10-16-13-26-19(22-16)14-5-2-1-3-6-14/h1-3,5-6,13,15,17H,4,7-12H2,(H,21,24). The molecule has 2 aliphatic rings. The van der Waals surface area contributed by atoms with Gasteiger partial charge in [0.05, 0.1) is 5.69 Å². The van der Waals surface area contributed by atoms with Crippen molar-refractivity contribution in [3.05, 3.63) is 41.4 Å². The Hall–Kier alpha value is -2.21. The van der Waals surface area contributed by atoms with Crippen molar-refractivity contribution < 1.29 is 9.59 Å². The van der Waals surface area contributed by atoms with E-state index in [1.807, 2.05) is 23.6 Å². The maximum atomic E-state index is 12.5. The fraction of sp³-hybridized carbons (Fsp3) is 0.450. The molecule has 0 bridgehead atoms. The van der Waals surface area contributed by atoms with Gasteiger partial charge in [0, 0.05) is 36.4 Å². The summed E-state index contributed by atoms with van der Waals surface area (Å²) in [5.41, 5.74) is 2.11. The minimum atomic E-state index is -0.279. The third kappa shape index (κ3) is 3.80. The molecule has 1 atom stereocenters. The van der Waals surface area contributed by atoms with E-state index < -0.39 is 0 Å². The van der Waals surface area contributed by atoms with Crippen LogP contribution in [0.2, 0.25) is 0 Å². The lowest BCUT2D eigenvalue weighted by Crippen LogP contribution is -2.46. The zero-order chi connectivity index (χ0) is 17.9. The van der Waals surface area contributed by atoms with Crippen LogP contribution < -0.4 is 5.32 Å². The molecule has 2 amide bonds. The highest BCUT2D eigenvalue weighted by Gasteiger charge is 2.40. The second-order valence-corrected chi connectivity index (χ2v) is 7.87. The van der Waals surface area contributed by atoms with Crippen LogP contribution in [0.15, 0.2) is 35.7 Å². The largest absolute Gasteiger partial charge is 0.354 e. The number of hydrogen-bond donors (Lipinski definition) is 1. The molecule has 1 aliphatic heterocycles. The Kier molecular flexibility index (Phi) is 5.02. The molecule has 1 N–H and O–H groups in total. The lowest BCUT2D eigenvalue weighted by Gasteiger charge is -2.23. The Labute approximate surface area is 157 Å². The summed E-state index contributed by atoms with van der Waals surface area (Å²) in [7, 11) is 0. The third-order valence-electron chi connectivity index (χ3n) is 5.02. The second-order valence-electron chi connectivity index (χ2n) is 7.01. The fourth-order valence-electron chi connectivity index (χ4n) is 3.43. The molecule has 136 valence electrons. The Bertz CT molecular complexity index is 785. The van der Waals surface area contributed by atoms with Crippen LogP contribution in [-0.4, -0.2) is 40.8 Å². The molecule has 0 spiro atoms. The highest BCUT2D eigenvalue weighted by Crippen LogP contribution is 2.33. The molecule has 5 nitrogen and oxygen atoms in total. The van der Waals surface area contributed by atoms with Gasteiger partial charge in [-0.05, 0) is 25.7 Å². The van der Waals surface area contributed by atoms with E-state index in [4.69, 9.17) is 0 Å². The zero-order valence-corrected chi connectivity index (χ0v) is 15.5. The third-order valence-corrected chi connectivity index (χ3v) is 5.96. The number of hydrogen-bond acceptors (Lipinski definition) is 4. The molecule has 2 fully saturated rings. The van der Waals surface area contributed by atoms with Gasteiger partial charge in [0.2, 0.25) is 11.8 Å². The van der Waals surface area contributed by atoms with Gasteiger partial charge in [-0.15, -0.1) is 11.3 Å². The van der Waals surface area contributed by atoms with E-state index in [1.165, 1.54) is 0 Å². The summed E-state index contributed by atoms with van der Waals surface area (Å²) in [6.07, 6.45) is 4.37. The number of nitrogens with zero attached hydrogens (tertiary/aromatic N) is 2. The zero-order valence-electron chi connectivity index (χ0n) is 14.7.